The Labute approximate surface area is 215 Å². The molecule has 4 rings (SSSR count). The number of piperazine rings is 1. The van der Waals surface area contributed by atoms with Crippen molar-refractivity contribution in [3.63, 3.8) is 0 Å². The van der Waals surface area contributed by atoms with Gasteiger partial charge in [-0.15, -0.1) is 0 Å². The number of likely N-dealkylation sites (tertiary alicyclic amines) is 1. The van der Waals surface area contributed by atoms with Gasteiger partial charge in [-0.25, -0.2) is 9.59 Å². The summed E-state index contributed by atoms with van der Waals surface area (Å²) in [6.07, 6.45) is -1.20. The van der Waals surface area contributed by atoms with Gasteiger partial charge in [0.15, 0.2) is 0 Å². The van der Waals surface area contributed by atoms with E-state index in [2.05, 4.69) is 41.1 Å². The first-order valence-electron chi connectivity index (χ1n) is 12.6. The molecule has 0 saturated carbocycles. The fourth-order valence-electron chi connectivity index (χ4n) is 5.24. The zero-order valence-electron chi connectivity index (χ0n) is 21.6. The van der Waals surface area contributed by atoms with Crippen LogP contribution in [0.2, 0.25) is 0 Å². The van der Waals surface area contributed by atoms with E-state index in [1.54, 1.807) is 16.7 Å². The molecule has 3 amide bonds. The molecule has 9 nitrogen and oxygen atoms in total. The lowest BCUT2D eigenvalue weighted by Crippen LogP contribution is -2.51. The Morgan fingerprint density at radius 3 is 2.14 bits per heavy atom. The van der Waals surface area contributed by atoms with Gasteiger partial charge < -0.3 is 25.1 Å². The van der Waals surface area contributed by atoms with Crippen molar-refractivity contribution >= 4 is 29.3 Å². The minimum Gasteiger partial charge on any atom is -0.475 e. The molecule has 3 heterocycles. The number of hydrogen-bond donors (Lipinski definition) is 2. The zero-order chi connectivity index (χ0) is 27.3. The SMILES string of the molecule is CC(=O)N1CCN(C(=O)Nc2ccc(N3CCC(N4CCCC4C)C3)c(C)c2)CC1.O=C(O)C(F)(F)F. The second-order valence-corrected chi connectivity index (χ2v) is 9.85. The summed E-state index contributed by atoms with van der Waals surface area (Å²) in [6, 6.07) is 7.52. The van der Waals surface area contributed by atoms with Gasteiger partial charge >= 0.3 is 18.2 Å². The largest absolute Gasteiger partial charge is 0.490 e. The van der Waals surface area contributed by atoms with E-state index in [0.29, 0.717) is 38.3 Å². The maximum Gasteiger partial charge on any atom is 0.490 e. The summed E-state index contributed by atoms with van der Waals surface area (Å²) >= 11 is 0. The topological polar surface area (TPSA) is 96.4 Å². The Morgan fingerprint density at radius 1 is 1.00 bits per heavy atom. The van der Waals surface area contributed by atoms with Crippen LogP contribution in [0.1, 0.15) is 38.7 Å². The lowest BCUT2D eigenvalue weighted by atomic mass is 10.1. The van der Waals surface area contributed by atoms with E-state index in [1.165, 1.54) is 37.1 Å². The minimum absolute atomic E-state index is 0.0737. The number of benzene rings is 1. The van der Waals surface area contributed by atoms with Crippen LogP contribution >= 0.6 is 0 Å². The summed E-state index contributed by atoms with van der Waals surface area (Å²) in [6.45, 7) is 11.9. The van der Waals surface area contributed by atoms with Crippen LogP contribution < -0.4 is 10.2 Å². The number of carboxylic acid groups (broad SMARTS) is 1. The highest BCUT2D eigenvalue weighted by atomic mass is 19.4. The number of hydrogen-bond acceptors (Lipinski definition) is 5. The van der Waals surface area contributed by atoms with Crippen molar-refractivity contribution < 1.29 is 32.7 Å². The Kier molecular flexibility index (Phi) is 9.27. The van der Waals surface area contributed by atoms with Crippen LogP contribution in [0.15, 0.2) is 18.2 Å². The third-order valence-corrected chi connectivity index (χ3v) is 7.28. The van der Waals surface area contributed by atoms with Crippen LogP contribution in [0.5, 0.6) is 0 Å². The van der Waals surface area contributed by atoms with Gasteiger partial charge in [-0.1, -0.05) is 0 Å². The molecule has 2 unspecified atom stereocenters. The van der Waals surface area contributed by atoms with E-state index in [1.807, 2.05) is 6.07 Å². The van der Waals surface area contributed by atoms with Gasteiger partial charge in [-0.2, -0.15) is 13.2 Å². The number of carbonyl (C=O) groups is 3. The summed E-state index contributed by atoms with van der Waals surface area (Å²) in [4.78, 5) is 41.7. The molecule has 37 heavy (non-hydrogen) atoms. The average molecular weight is 528 g/mol. The molecule has 3 aliphatic heterocycles. The van der Waals surface area contributed by atoms with Gasteiger partial charge in [-0.05, 0) is 63.4 Å². The summed E-state index contributed by atoms with van der Waals surface area (Å²) < 4.78 is 31.7. The number of rotatable bonds is 3. The first-order valence-corrected chi connectivity index (χ1v) is 12.6. The number of alkyl halides is 3. The Hall–Kier alpha value is -3.02. The average Bonchev–Trinajstić information content (AvgIpc) is 3.48. The van der Waals surface area contributed by atoms with Crippen molar-refractivity contribution in [2.24, 2.45) is 0 Å². The molecule has 1 aromatic carbocycles. The number of aliphatic carboxylic acids is 1. The summed E-state index contributed by atoms with van der Waals surface area (Å²) in [5, 5.41) is 10.2. The molecule has 0 bridgehead atoms. The Bertz CT molecular complexity index is 982. The van der Waals surface area contributed by atoms with E-state index in [0.717, 1.165) is 18.8 Å². The number of anilines is 2. The fraction of sp³-hybridized carbons (Fsp3) is 0.640. The highest BCUT2D eigenvalue weighted by Gasteiger charge is 2.38. The smallest absolute Gasteiger partial charge is 0.475 e. The molecular formula is C25H36F3N5O4. The third-order valence-electron chi connectivity index (χ3n) is 7.28. The first-order chi connectivity index (χ1) is 17.4. The van der Waals surface area contributed by atoms with Gasteiger partial charge in [0.05, 0.1) is 0 Å². The van der Waals surface area contributed by atoms with Crippen LogP contribution in [0, 0.1) is 6.92 Å². The normalized spacial score (nSPS) is 22.5. The van der Waals surface area contributed by atoms with Crippen molar-refractivity contribution in [3.05, 3.63) is 23.8 Å². The van der Waals surface area contributed by atoms with E-state index in [-0.39, 0.29) is 11.9 Å². The van der Waals surface area contributed by atoms with Crippen molar-refractivity contribution in [1.29, 1.82) is 0 Å². The van der Waals surface area contributed by atoms with Crippen molar-refractivity contribution in [3.8, 4) is 0 Å². The van der Waals surface area contributed by atoms with Crippen LogP contribution in [0.25, 0.3) is 0 Å². The van der Waals surface area contributed by atoms with Crippen LogP contribution in [-0.2, 0) is 9.59 Å². The molecule has 2 atom stereocenters. The van der Waals surface area contributed by atoms with Crippen molar-refractivity contribution in [2.45, 2.75) is 58.3 Å². The summed E-state index contributed by atoms with van der Waals surface area (Å²) in [7, 11) is 0. The highest BCUT2D eigenvalue weighted by Crippen LogP contribution is 2.31. The molecule has 0 aliphatic carbocycles. The van der Waals surface area contributed by atoms with Crippen molar-refractivity contribution in [1.82, 2.24) is 14.7 Å². The number of nitrogens with zero attached hydrogens (tertiary/aromatic N) is 4. The van der Waals surface area contributed by atoms with Gasteiger partial charge in [-0.3, -0.25) is 9.69 Å². The summed E-state index contributed by atoms with van der Waals surface area (Å²) in [5.41, 5.74) is 3.31. The van der Waals surface area contributed by atoms with Crippen LogP contribution in [0.4, 0.5) is 29.3 Å². The predicted molar refractivity (Wildman–Crippen MR) is 134 cm³/mol. The molecule has 2 N–H and O–H groups in total. The molecule has 3 fully saturated rings. The van der Waals surface area contributed by atoms with Gasteiger partial charge in [0, 0.05) is 69.7 Å². The summed E-state index contributed by atoms with van der Waals surface area (Å²) in [5.74, 6) is -2.68. The molecule has 3 saturated heterocycles. The van der Waals surface area contributed by atoms with E-state index in [4.69, 9.17) is 9.90 Å². The van der Waals surface area contributed by atoms with Gasteiger partial charge in [0.2, 0.25) is 5.91 Å². The number of urea groups is 1. The number of aryl methyl sites for hydroxylation is 1. The number of amides is 3. The van der Waals surface area contributed by atoms with Gasteiger partial charge in [0.1, 0.15) is 0 Å². The first kappa shape index (κ1) is 28.5. The minimum atomic E-state index is -5.08. The zero-order valence-corrected chi connectivity index (χ0v) is 21.6. The molecule has 206 valence electrons. The van der Waals surface area contributed by atoms with Crippen molar-refractivity contribution in [2.75, 3.05) is 56.0 Å². The maximum atomic E-state index is 12.6. The predicted octanol–water partition coefficient (Wildman–Crippen LogP) is 3.39. The molecule has 0 radical (unpaired) electrons. The second-order valence-electron chi connectivity index (χ2n) is 9.85. The maximum absolute atomic E-state index is 12.6. The standard InChI is InChI=1S/C23H35N5O2.C2HF3O2/c1-17-15-20(24-23(30)26-13-11-25(12-14-26)19(3)29)6-7-22(17)27-10-8-21(16-27)28-9-4-5-18(28)2;3-2(4,5)1(6)7/h6-7,15,18,21H,4-5,8-14,16H2,1-3H3,(H,24,30);(H,6,7). The highest BCUT2D eigenvalue weighted by molar-refractivity contribution is 5.90. The second kappa shape index (κ2) is 12.0. The Balaban J connectivity index is 0.000000479. The molecule has 0 aromatic heterocycles. The van der Waals surface area contributed by atoms with Crippen LogP contribution in [0.3, 0.4) is 0 Å². The number of nitrogens with one attached hydrogen (secondary N) is 1. The van der Waals surface area contributed by atoms with E-state index >= 15 is 0 Å². The Morgan fingerprint density at radius 2 is 1.62 bits per heavy atom. The monoisotopic (exact) mass is 527 g/mol. The van der Waals surface area contributed by atoms with Crippen LogP contribution in [-0.4, -0.2) is 102 Å². The molecule has 0 spiro atoms. The lowest BCUT2D eigenvalue weighted by Gasteiger charge is -2.34. The van der Waals surface area contributed by atoms with E-state index in [9.17, 15) is 22.8 Å². The molecule has 12 heteroatoms. The van der Waals surface area contributed by atoms with Gasteiger partial charge in [0.25, 0.3) is 0 Å². The van der Waals surface area contributed by atoms with E-state index < -0.39 is 12.1 Å². The molecular weight excluding hydrogens is 491 g/mol. The lowest BCUT2D eigenvalue weighted by molar-refractivity contribution is -0.192. The third kappa shape index (κ3) is 7.50. The quantitative estimate of drug-likeness (QED) is 0.626. The number of carbonyl (C=O) groups excluding carboxylic acids is 2. The number of carboxylic acids is 1. The number of halogens is 3. The molecule has 1 aromatic rings. The molecule has 3 aliphatic rings. The fourth-order valence-corrected chi connectivity index (χ4v) is 5.24.